The fourth-order valence-corrected chi connectivity index (χ4v) is 5.64. The number of pyridine rings is 2. The van der Waals surface area contributed by atoms with Crippen LogP contribution in [0.5, 0.6) is 0 Å². The predicted octanol–water partition coefficient (Wildman–Crippen LogP) is 8.57. The minimum absolute atomic E-state index is 0.0303. The molecule has 3 aromatic carbocycles. The maximum Gasteiger partial charge on any atom is 0.227 e. The van der Waals surface area contributed by atoms with E-state index in [4.69, 9.17) is 18.5 Å². The standard InChI is InChI=1S/C34H28F2N4O/c1-19(2)18-22-13-14-24-23-6-4-7-26(32(23)41-34(24)38-22)33-39-29-15-12-21-11-10-20(3)37-30(21)31(29)40(33)17-16-25-27(35)8-5-9-28(25)36/h4-15,19H,16-18H2,1-3H3/i3D3. The minimum Gasteiger partial charge on any atom is -0.437 e. The first-order valence-electron chi connectivity index (χ1n) is 15.1. The smallest absolute Gasteiger partial charge is 0.227 e. The number of imidazole rings is 1. The molecule has 4 heterocycles. The molecule has 0 unspecified atom stereocenters. The quantitative estimate of drug-likeness (QED) is 0.208. The maximum atomic E-state index is 14.7. The summed E-state index contributed by atoms with van der Waals surface area (Å²) in [6.07, 6.45) is 0.850. The van der Waals surface area contributed by atoms with Crippen molar-refractivity contribution in [3.63, 3.8) is 0 Å². The number of hydrogen-bond acceptors (Lipinski definition) is 4. The first kappa shape index (κ1) is 22.1. The lowest BCUT2D eigenvalue weighted by atomic mass is 10.1. The van der Waals surface area contributed by atoms with E-state index in [9.17, 15) is 8.78 Å². The van der Waals surface area contributed by atoms with Crippen LogP contribution >= 0.6 is 0 Å². The second-order valence-electron chi connectivity index (χ2n) is 10.8. The molecule has 0 amide bonds. The molecule has 7 rings (SSSR count). The highest BCUT2D eigenvalue weighted by Gasteiger charge is 2.22. The summed E-state index contributed by atoms with van der Waals surface area (Å²) in [6.45, 7) is 2.01. The van der Waals surface area contributed by atoms with Crippen molar-refractivity contribution in [3.05, 3.63) is 101 Å². The second-order valence-corrected chi connectivity index (χ2v) is 10.8. The molecule has 0 saturated heterocycles. The maximum absolute atomic E-state index is 14.7. The van der Waals surface area contributed by atoms with E-state index in [0.29, 0.717) is 45.2 Å². The van der Waals surface area contributed by atoms with Gasteiger partial charge in [0.2, 0.25) is 5.71 Å². The number of para-hydroxylation sites is 1. The lowest BCUT2D eigenvalue weighted by Crippen LogP contribution is -2.07. The number of rotatable bonds is 6. The fraction of sp³-hybridized carbons (Fsp3) is 0.206. The largest absolute Gasteiger partial charge is 0.437 e. The van der Waals surface area contributed by atoms with Crippen LogP contribution in [0.25, 0.3) is 55.4 Å². The van der Waals surface area contributed by atoms with Gasteiger partial charge in [0.25, 0.3) is 0 Å². The van der Waals surface area contributed by atoms with Crippen LogP contribution in [0.4, 0.5) is 8.78 Å². The molecule has 0 saturated carbocycles. The molecular weight excluding hydrogens is 518 g/mol. The van der Waals surface area contributed by atoms with Crippen LogP contribution in [0, 0.1) is 24.4 Å². The Balaban J connectivity index is 1.48. The van der Waals surface area contributed by atoms with Crippen LogP contribution in [-0.4, -0.2) is 19.5 Å². The molecule has 7 heteroatoms. The van der Waals surface area contributed by atoms with E-state index >= 15 is 0 Å². The predicted molar refractivity (Wildman–Crippen MR) is 159 cm³/mol. The van der Waals surface area contributed by atoms with Crippen LogP contribution in [-0.2, 0) is 19.4 Å². The van der Waals surface area contributed by atoms with Crippen LogP contribution < -0.4 is 0 Å². The lowest BCUT2D eigenvalue weighted by molar-refractivity contribution is 0.543. The number of nitrogens with zero attached hydrogens (tertiary/aromatic N) is 4. The molecule has 0 radical (unpaired) electrons. The molecule has 0 aliphatic carbocycles. The zero-order valence-corrected chi connectivity index (χ0v) is 22.6. The molecule has 7 aromatic rings. The molecule has 5 nitrogen and oxygen atoms in total. The van der Waals surface area contributed by atoms with Gasteiger partial charge in [-0.25, -0.2) is 18.7 Å². The Kier molecular flexibility index (Phi) is 5.26. The van der Waals surface area contributed by atoms with Gasteiger partial charge >= 0.3 is 0 Å². The van der Waals surface area contributed by atoms with Crippen LogP contribution in [0.15, 0.2) is 77.2 Å². The van der Waals surface area contributed by atoms with Crippen LogP contribution in [0.2, 0.25) is 0 Å². The first-order valence-corrected chi connectivity index (χ1v) is 13.6. The molecule has 0 bridgehead atoms. The highest BCUT2D eigenvalue weighted by molar-refractivity contribution is 6.09. The van der Waals surface area contributed by atoms with Crippen molar-refractivity contribution in [2.24, 2.45) is 5.92 Å². The summed E-state index contributed by atoms with van der Waals surface area (Å²) in [5.41, 5.74) is 4.23. The minimum atomic E-state index is -2.42. The summed E-state index contributed by atoms with van der Waals surface area (Å²) in [5, 5.41) is 2.46. The van der Waals surface area contributed by atoms with Crippen molar-refractivity contribution >= 4 is 44.0 Å². The van der Waals surface area contributed by atoms with Gasteiger partial charge in [0.1, 0.15) is 23.0 Å². The van der Waals surface area contributed by atoms with Gasteiger partial charge in [-0.15, -0.1) is 0 Å². The summed E-state index contributed by atoms with van der Waals surface area (Å²) < 4.78 is 61.5. The van der Waals surface area contributed by atoms with Crippen LogP contribution in [0.1, 0.15) is 34.9 Å². The second kappa shape index (κ2) is 9.77. The van der Waals surface area contributed by atoms with Crippen molar-refractivity contribution in [1.82, 2.24) is 19.5 Å². The Hall–Kier alpha value is -4.65. The van der Waals surface area contributed by atoms with E-state index in [1.807, 2.05) is 47.0 Å². The topological polar surface area (TPSA) is 56.7 Å². The molecule has 204 valence electrons. The van der Waals surface area contributed by atoms with E-state index < -0.39 is 18.5 Å². The third kappa shape index (κ3) is 4.32. The number of benzene rings is 3. The van der Waals surface area contributed by atoms with E-state index in [1.165, 1.54) is 24.3 Å². The third-order valence-electron chi connectivity index (χ3n) is 7.49. The van der Waals surface area contributed by atoms with Gasteiger partial charge in [-0.1, -0.05) is 44.2 Å². The first-order chi connectivity index (χ1) is 21.1. The summed E-state index contributed by atoms with van der Waals surface area (Å²) in [5.74, 6) is -0.316. The monoisotopic (exact) mass is 549 g/mol. The Morgan fingerprint density at radius 2 is 1.68 bits per heavy atom. The zero-order chi connectivity index (χ0) is 30.7. The van der Waals surface area contributed by atoms with E-state index in [2.05, 4.69) is 18.8 Å². The van der Waals surface area contributed by atoms with Gasteiger partial charge in [0, 0.05) is 43.8 Å². The molecule has 0 spiro atoms. The molecular formula is C34H28F2N4O. The van der Waals surface area contributed by atoms with E-state index in [-0.39, 0.29) is 24.2 Å². The average molecular weight is 550 g/mol. The summed E-state index contributed by atoms with van der Waals surface area (Å²) in [4.78, 5) is 14.3. The Morgan fingerprint density at radius 1 is 0.878 bits per heavy atom. The zero-order valence-electron chi connectivity index (χ0n) is 25.6. The molecule has 0 fully saturated rings. The molecule has 0 aliphatic rings. The van der Waals surface area contributed by atoms with Gasteiger partial charge < -0.3 is 8.98 Å². The number of furan rings is 1. The summed E-state index contributed by atoms with van der Waals surface area (Å²) >= 11 is 0. The van der Waals surface area contributed by atoms with E-state index in [1.54, 1.807) is 6.07 Å². The van der Waals surface area contributed by atoms with Gasteiger partial charge in [0.05, 0.1) is 22.1 Å². The molecule has 0 aliphatic heterocycles. The molecule has 4 aromatic heterocycles. The van der Waals surface area contributed by atoms with Crippen molar-refractivity contribution in [2.75, 3.05) is 0 Å². The van der Waals surface area contributed by atoms with Gasteiger partial charge in [-0.05, 0) is 68.1 Å². The summed E-state index contributed by atoms with van der Waals surface area (Å²) in [6, 6.07) is 20.5. The number of aromatic nitrogens is 4. The number of aryl methyl sites for hydroxylation is 2. The van der Waals surface area contributed by atoms with Crippen molar-refractivity contribution in [2.45, 2.75) is 40.1 Å². The average Bonchev–Trinajstić information content (AvgIpc) is 3.54. The fourth-order valence-electron chi connectivity index (χ4n) is 5.64. The molecule has 41 heavy (non-hydrogen) atoms. The Bertz CT molecular complexity index is 2200. The van der Waals surface area contributed by atoms with Gasteiger partial charge in [-0.3, -0.25) is 4.98 Å². The SMILES string of the molecule is [2H]C([2H])([2H])c1ccc2ccc3nc(-c4cccc5c4oc4nc(CC(C)C)ccc45)n(CCc4c(F)cccc4F)c3c2n1. The normalized spacial score (nSPS) is 13.4. The van der Waals surface area contributed by atoms with Crippen molar-refractivity contribution in [1.29, 1.82) is 0 Å². The number of fused-ring (bicyclic) bond motifs is 6. The van der Waals surface area contributed by atoms with Gasteiger partial charge in [0.15, 0.2) is 0 Å². The van der Waals surface area contributed by atoms with Crippen molar-refractivity contribution in [3.8, 4) is 11.4 Å². The molecule has 0 atom stereocenters. The Labute approximate surface area is 239 Å². The third-order valence-corrected chi connectivity index (χ3v) is 7.49. The Morgan fingerprint density at radius 3 is 2.49 bits per heavy atom. The highest BCUT2D eigenvalue weighted by atomic mass is 19.1. The van der Waals surface area contributed by atoms with Gasteiger partial charge in [-0.2, -0.15) is 0 Å². The number of halogens is 2. The van der Waals surface area contributed by atoms with Crippen LogP contribution in [0.3, 0.4) is 0 Å². The lowest BCUT2D eigenvalue weighted by Gasteiger charge is -2.12. The highest BCUT2D eigenvalue weighted by Crippen LogP contribution is 2.37. The molecule has 0 N–H and O–H groups in total. The number of hydrogen-bond donors (Lipinski definition) is 0. The summed E-state index contributed by atoms with van der Waals surface area (Å²) in [7, 11) is 0. The van der Waals surface area contributed by atoms with Crippen molar-refractivity contribution < 1.29 is 17.3 Å². The van der Waals surface area contributed by atoms with E-state index in [0.717, 1.165) is 28.3 Å².